The number of rotatable bonds is 7. The van der Waals surface area contributed by atoms with Crippen molar-refractivity contribution in [2.24, 2.45) is 4.99 Å². The van der Waals surface area contributed by atoms with Gasteiger partial charge in [-0.25, -0.2) is 0 Å². The minimum atomic E-state index is 0.856. The molecule has 0 unspecified atom stereocenters. The number of nitrogens with one attached hydrogen (secondary N) is 1. The maximum Gasteiger partial charge on any atom is 0.194 e. The Hall–Kier alpha value is -2.34. The molecule has 1 aliphatic heterocycles. The van der Waals surface area contributed by atoms with Gasteiger partial charge in [-0.05, 0) is 25.3 Å². The first-order valence-corrected chi connectivity index (χ1v) is 9.54. The summed E-state index contributed by atoms with van der Waals surface area (Å²) in [7, 11) is 0. The topological polar surface area (TPSA) is 56.9 Å². The van der Waals surface area contributed by atoms with Gasteiger partial charge in [0.05, 0.1) is 5.69 Å². The predicted molar refractivity (Wildman–Crippen MR) is 104 cm³/mol. The zero-order valence-corrected chi connectivity index (χ0v) is 15.6. The van der Waals surface area contributed by atoms with Crippen LogP contribution in [0.25, 0.3) is 0 Å². The van der Waals surface area contributed by atoms with E-state index in [-0.39, 0.29) is 0 Å². The molecule has 0 atom stereocenters. The molecule has 6 heteroatoms. The number of guanidine groups is 1. The lowest BCUT2D eigenvalue weighted by atomic mass is 10.1. The fraction of sp³-hybridized carbons (Fsp3) is 0.500. The Morgan fingerprint density at radius 1 is 1.15 bits per heavy atom. The van der Waals surface area contributed by atoms with Gasteiger partial charge in [-0.3, -0.25) is 9.89 Å². The molecule has 1 fully saturated rings. The first kappa shape index (κ1) is 18.5. The number of piperazine rings is 1. The molecule has 1 aromatic carbocycles. The van der Waals surface area contributed by atoms with Crippen LogP contribution in [-0.4, -0.2) is 60.2 Å². The van der Waals surface area contributed by atoms with Crippen molar-refractivity contribution in [1.29, 1.82) is 0 Å². The van der Waals surface area contributed by atoms with Crippen LogP contribution in [-0.2, 0) is 13.0 Å². The van der Waals surface area contributed by atoms with Crippen molar-refractivity contribution in [3.63, 3.8) is 0 Å². The standard InChI is InChI=1S/C20H29N5O/c1-2-21-20(22-11-6-9-18-7-4-3-5-8-18)25-14-12-24(13-15-25)17-19-10-16-26-23-19/h3-5,7-8,10,16H,2,6,9,11-15,17H2,1H3,(H,21,22). The minimum Gasteiger partial charge on any atom is -0.364 e. The third kappa shape index (κ3) is 5.59. The van der Waals surface area contributed by atoms with E-state index in [1.54, 1.807) is 6.26 Å². The van der Waals surface area contributed by atoms with Crippen molar-refractivity contribution in [2.45, 2.75) is 26.3 Å². The summed E-state index contributed by atoms with van der Waals surface area (Å²) in [5, 5.41) is 7.44. The molecule has 2 aromatic rings. The average molecular weight is 355 g/mol. The van der Waals surface area contributed by atoms with Crippen LogP contribution < -0.4 is 5.32 Å². The van der Waals surface area contributed by atoms with Gasteiger partial charge in [0.2, 0.25) is 0 Å². The lowest BCUT2D eigenvalue weighted by Crippen LogP contribution is -2.52. The number of hydrogen-bond donors (Lipinski definition) is 1. The SMILES string of the molecule is CCNC(=NCCCc1ccccc1)N1CCN(Cc2ccon2)CC1. The normalized spacial score (nSPS) is 16.0. The van der Waals surface area contributed by atoms with E-state index in [1.807, 2.05) is 6.07 Å². The van der Waals surface area contributed by atoms with Crippen LogP contribution in [0.1, 0.15) is 24.6 Å². The zero-order chi connectivity index (χ0) is 18.0. The smallest absolute Gasteiger partial charge is 0.194 e. The molecular formula is C20H29N5O. The van der Waals surface area contributed by atoms with Gasteiger partial charge in [-0.15, -0.1) is 0 Å². The predicted octanol–water partition coefficient (Wildman–Crippen LogP) is 2.39. The lowest BCUT2D eigenvalue weighted by Gasteiger charge is -2.36. The molecule has 0 bridgehead atoms. The van der Waals surface area contributed by atoms with Crippen molar-refractivity contribution >= 4 is 5.96 Å². The Morgan fingerprint density at radius 3 is 2.65 bits per heavy atom. The van der Waals surface area contributed by atoms with E-state index in [1.165, 1.54) is 5.56 Å². The van der Waals surface area contributed by atoms with Gasteiger partial charge in [0.15, 0.2) is 5.96 Å². The van der Waals surface area contributed by atoms with Gasteiger partial charge in [0.25, 0.3) is 0 Å². The lowest BCUT2D eigenvalue weighted by molar-refractivity contribution is 0.169. The number of nitrogens with zero attached hydrogens (tertiary/aromatic N) is 4. The van der Waals surface area contributed by atoms with E-state index in [4.69, 9.17) is 9.52 Å². The molecule has 1 saturated heterocycles. The number of benzene rings is 1. The molecule has 0 amide bonds. The summed E-state index contributed by atoms with van der Waals surface area (Å²) >= 11 is 0. The minimum absolute atomic E-state index is 0.856. The van der Waals surface area contributed by atoms with E-state index in [0.717, 1.165) is 70.3 Å². The molecule has 0 aliphatic carbocycles. The maximum atomic E-state index is 4.92. The molecule has 3 rings (SSSR count). The van der Waals surface area contributed by atoms with E-state index in [0.29, 0.717) is 0 Å². The second kappa shape index (κ2) is 9.97. The highest BCUT2D eigenvalue weighted by Crippen LogP contribution is 2.08. The Labute approximate surface area is 155 Å². The molecule has 140 valence electrons. The molecule has 0 saturated carbocycles. The van der Waals surface area contributed by atoms with E-state index in [2.05, 4.69) is 57.5 Å². The summed E-state index contributed by atoms with van der Waals surface area (Å²) in [4.78, 5) is 9.61. The first-order chi connectivity index (χ1) is 12.8. The molecule has 0 spiro atoms. The van der Waals surface area contributed by atoms with Crippen molar-refractivity contribution in [3.05, 3.63) is 53.9 Å². The van der Waals surface area contributed by atoms with E-state index >= 15 is 0 Å². The monoisotopic (exact) mass is 355 g/mol. The Bertz CT molecular complexity index is 648. The van der Waals surface area contributed by atoms with Gasteiger partial charge in [-0.2, -0.15) is 0 Å². The van der Waals surface area contributed by atoms with Crippen LogP contribution >= 0.6 is 0 Å². The van der Waals surface area contributed by atoms with Crippen LogP contribution in [0.4, 0.5) is 0 Å². The summed E-state index contributed by atoms with van der Waals surface area (Å²) < 4.78 is 4.92. The number of aryl methyl sites for hydroxylation is 1. The Morgan fingerprint density at radius 2 is 1.96 bits per heavy atom. The van der Waals surface area contributed by atoms with Gasteiger partial charge in [0, 0.05) is 51.9 Å². The Kier molecular flexibility index (Phi) is 7.07. The largest absolute Gasteiger partial charge is 0.364 e. The van der Waals surface area contributed by atoms with Crippen LogP contribution in [0.2, 0.25) is 0 Å². The summed E-state index contributed by atoms with van der Waals surface area (Å²) in [5.41, 5.74) is 2.38. The van der Waals surface area contributed by atoms with Crippen LogP contribution in [0.15, 0.2) is 52.2 Å². The van der Waals surface area contributed by atoms with Crippen LogP contribution in [0.3, 0.4) is 0 Å². The second-order valence-corrected chi connectivity index (χ2v) is 6.58. The summed E-state index contributed by atoms with van der Waals surface area (Å²) in [6.07, 6.45) is 3.79. The summed E-state index contributed by atoms with van der Waals surface area (Å²) in [5.74, 6) is 1.04. The molecule has 1 aromatic heterocycles. The molecule has 1 N–H and O–H groups in total. The van der Waals surface area contributed by atoms with Crippen molar-refractivity contribution < 1.29 is 4.52 Å². The number of aromatic nitrogens is 1. The fourth-order valence-electron chi connectivity index (χ4n) is 3.20. The van der Waals surface area contributed by atoms with Gasteiger partial charge < -0.3 is 14.7 Å². The van der Waals surface area contributed by atoms with Crippen LogP contribution in [0, 0.1) is 0 Å². The van der Waals surface area contributed by atoms with Crippen molar-refractivity contribution in [2.75, 3.05) is 39.3 Å². The molecular weight excluding hydrogens is 326 g/mol. The van der Waals surface area contributed by atoms with E-state index < -0.39 is 0 Å². The second-order valence-electron chi connectivity index (χ2n) is 6.58. The third-order valence-electron chi connectivity index (χ3n) is 4.61. The molecule has 26 heavy (non-hydrogen) atoms. The Balaban J connectivity index is 1.45. The number of aliphatic imine (C=N–C) groups is 1. The zero-order valence-electron chi connectivity index (χ0n) is 15.6. The van der Waals surface area contributed by atoms with Gasteiger partial charge in [-0.1, -0.05) is 35.5 Å². The average Bonchev–Trinajstić information content (AvgIpc) is 3.19. The van der Waals surface area contributed by atoms with E-state index in [9.17, 15) is 0 Å². The molecule has 2 heterocycles. The molecule has 0 radical (unpaired) electrons. The number of hydrogen-bond acceptors (Lipinski definition) is 4. The highest BCUT2D eigenvalue weighted by molar-refractivity contribution is 5.80. The quantitative estimate of drug-likeness (QED) is 0.469. The maximum absolute atomic E-state index is 4.92. The third-order valence-corrected chi connectivity index (χ3v) is 4.61. The van der Waals surface area contributed by atoms with Gasteiger partial charge >= 0.3 is 0 Å². The summed E-state index contributed by atoms with van der Waals surface area (Å²) in [6, 6.07) is 12.6. The van der Waals surface area contributed by atoms with Crippen molar-refractivity contribution in [1.82, 2.24) is 20.3 Å². The fourth-order valence-corrected chi connectivity index (χ4v) is 3.20. The highest BCUT2D eigenvalue weighted by Gasteiger charge is 2.20. The van der Waals surface area contributed by atoms with Crippen molar-refractivity contribution in [3.8, 4) is 0 Å². The first-order valence-electron chi connectivity index (χ1n) is 9.54. The van der Waals surface area contributed by atoms with Gasteiger partial charge in [0.1, 0.15) is 6.26 Å². The molecule has 1 aliphatic rings. The molecule has 6 nitrogen and oxygen atoms in total. The van der Waals surface area contributed by atoms with Crippen LogP contribution in [0.5, 0.6) is 0 Å². The highest BCUT2D eigenvalue weighted by atomic mass is 16.5. The summed E-state index contributed by atoms with van der Waals surface area (Å²) in [6.45, 7) is 8.75.